The van der Waals surface area contributed by atoms with Crippen LogP contribution in [0.3, 0.4) is 0 Å². The molecule has 1 heterocycles. The SMILES string of the molecule is NC(N)=NN=Cc1ccc(CN2CCCCCC2)c(F)c1. The van der Waals surface area contributed by atoms with Gasteiger partial charge in [-0.1, -0.05) is 25.0 Å². The molecule has 1 aromatic carbocycles. The molecule has 6 heteroatoms. The average molecular weight is 291 g/mol. The topological polar surface area (TPSA) is 80.0 Å². The third-order valence-corrected chi connectivity index (χ3v) is 3.55. The molecule has 0 bridgehead atoms. The Hall–Kier alpha value is -1.95. The highest BCUT2D eigenvalue weighted by Crippen LogP contribution is 2.16. The van der Waals surface area contributed by atoms with Crippen molar-refractivity contribution in [1.82, 2.24) is 4.90 Å². The van der Waals surface area contributed by atoms with Crippen LogP contribution in [0, 0.1) is 5.82 Å². The monoisotopic (exact) mass is 291 g/mol. The number of guanidine groups is 1. The van der Waals surface area contributed by atoms with Crippen LogP contribution in [0.2, 0.25) is 0 Å². The van der Waals surface area contributed by atoms with Gasteiger partial charge in [0.1, 0.15) is 5.82 Å². The fourth-order valence-electron chi connectivity index (χ4n) is 2.47. The summed E-state index contributed by atoms with van der Waals surface area (Å²) in [6, 6.07) is 5.08. The minimum Gasteiger partial charge on any atom is -0.369 e. The number of benzene rings is 1. The summed E-state index contributed by atoms with van der Waals surface area (Å²) in [5, 5.41) is 7.16. The van der Waals surface area contributed by atoms with Gasteiger partial charge in [0.25, 0.3) is 0 Å². The first-order valence-corrected chi connectivity index (χ1v) is 7.28. The van der Waals surface area contributed by atoms with Crippen molar-refractivity contribution in [2.45, 2.75) is 32.2 Å². The zero-order chi connectivity index (χ0) is 15.1. The van der Waals surface area contributed by atoms with Crippen molar-refractivity contribution in [2.75, 3.05) is 13.1 Å². The summed E-state index contributed by atoms with van der Waals surface area (Å²) in [6.07, 6.45) is 6.38. The molecule has 1 aliphatic heterocycles. The smallest absolute Gasteiger partial charge is 0.211 e. The number of hydrogen-bond acceptors (Lipinski definition) is 3. The van der Waals surface area contributed by atoms with Gasteiger partial charge in [0.2, 0.25) is 5.96 Å². The average Bonchev–Trinajstić information content (AvgIpc) is 2.70. The van der Waals surface area contributed by atoms with Crippen LogP contribution in [0.5, 0.6) is 0 Å². The van der Waals surface area contributed by atoms with Crippen LogP contribution in [0.4, 0.5) is 4.39 Å². The highest BCUT2D eigenvalue weighted by atomic mass is 19.1. The number of hydrogen-bond donors (Lipinski definition) is 2. The number of nitrogens with zero attached hydrogens (tertiary/aromatic N) is 3. The zero-order valence-corrected chi connectivity index (χ0v) is 12.1. The standard InChI is InChI=1S/C15H22FN5/c16-14-9-12(10-19-20-15(17)18)5-6-13(14)11-21-7-3-1-2-4-8-21/h5-6,9-10H,1-4,7-8,11H2,(H4,17,18,20). The molecular weight excluding hydrogens is 269 g/mol. The molecule has 2 rings (SSSR count). The number of nitrogens with two attached hydrogens (primary N) is 2. The summed E-state index contributed by atoms with van der Waals surface area (Å²) >= 11 is 0. The predicted molar refractivity (Wildman–Crippen MR) is 83.5 cm³/mol. The van der Waals surface area contributed by atoms with E-state index in [1.54, 1.807) is 6.07 Å². The van der Waals surface area contributed by atoms with Gasteiger partial charge >= 0.3 is 0 Å². The summed E-state index contributed by atoms with van der Waals surface area (Å²) in [6.45, 7) is 2.76. The highest BCUT2D eigenvalue weighted by molar-refractivity contribution is 5.81. The van der Waals surface area contributed by atoms with Gasteiger partial charge in [-0.05, 0) is 37.6 Å². The van der Waals surface area contributed by atoms with Gasteiger partial charge in [-0.15, -0.1) is 5.10 Å². The normalized spacial score (nSPS) is 16.8. The molecule has 0 unspecified atom stereocenters. The highest BCUT2D eigenvalue weighted by Gasteiger charge is 2.12. The summed E-state index contributed by atoms with van der Waals surface area (Å²) < 4.78 is 14.1. The largest absolute Gasteiger partial charge is 0.369 e. The first-order valence-electron chi connectivity index (χ1n) is 7.28. The van der Waals surface area contributed by atoms with Crippen LogP contribution in [0.15, 0.2) is 28.4 Å². The number of rotatable bonds is 4. The van der Waals surface area contributed by atoms with Crippen LogP contribution in [0.1, 0.15) is 36.8 Å². The van der Waals surface area contributed by atoms with Crippen molar-refractivity contribution >= 4 is 12.2 Å². The van der Waals surface area contributed by atoms with Crippen LogP contribution in [-0.2, 0) is 6.54 Å². The van der Waals surface area contributed by atoms with E-state index >= 15 is 0 Å². The zero-order valence-electron chi connectivity index (χ0n) is 12.1. The Morgan fingerprint density at radius 1 is 1.19 bits per heavy atom. The molecule has 0 aromatic heterocycles. The summed E-state index contributed by atoms with van der Waals surface area (Å²) in [7, 11) is 0. The number of halogens is 1. The maximum Gasteiger partial charge on any atom is 0.211 e. The van der Waals surface area contributed by atoms with Gasteiger partial charge in [-0.3, -0.25) is 4.90 Å². The van der Waals surface area contributed by atoms with Crippen molar-refractivity contribution in [3.63, 3.8) is 0 Å². The molecule has 0 amide bonds. The molecule has 114 valence electrons. The molecule has 1 aromatic rings. The second-order valence-corrected chi connectivity index (χ2v) is 5.31. The Bertz CT molecular complexity index is 515. The van der Waals surface area contributed by atoms with Gasteiger partial charge < -0.3 is 11.5 Å². The lowest BCUT2D eigenvalue weighted by Gasteiger charge is -2.20. The molecule has 0 radical (unpaired) electrons. The molecule has 0 atom stereocenters. The van der Waals surface area contributed by atoms with E-state index in [-0.39, 0.29) is 11.8 Å². The third-order valence-electron chi connectivity index (χ3n) is 3.55. The van der Waals surface area contributed by atoms with Crippen LogP contribution < -0.4 is 11.5 Å². The minimum atomic E-state index is -0.215. The Balaban J connectivity index is 2.01. The molecule has 0 saturated carbocycles. The molecule has 0 aliphatic carbocycles. The van der Waals surface area contributed by atoms with Gasteiger partial charge in [0.15, 0.2) is 0 Å². The first kappa shape index (κ1) is 15.4. The van der Waals surface area contributed by atoms with E-state index in [1.165, 1.54) is 38.0 Å². The Morgan fingerprint density at radius 3 is 2.52 bits per heavy atom. The summed E-state index contributed by atoms with van der Waals surface area (Å²) in [5.74, 6) is -0.336. The van der Waals surface area contributed by atoms with E-state index < -0.39 is 0 Å². The first-order chi connectivity index (χ1) is 10.1. The van der Waals surface area contributed by atoms with Gasteiger partial charge in [-0.2, -0.15) is 5.10 Å². The third kappa shape index (κ3) is 5.15. The number of likely N-dealkylation sites (tertiary alicyclic amines) is 1. The maximum atomic E-state index is 14.1. The summed E-state index contributed by atoms with van der Waals surface area (Å²) in [5.41, 5.74) is 11.7. The van der Waals surface area contributed by atoms with Crippen molar-refractivity contribution < 1.29 is 4.39 Å². The lowest BCUT2D eigenvalue weighted by Crippen LogP contribution is -2.24. The van der Waals surface area contributed by atoms with Crippen molar-refractivity contribution in [2.24, 2.45) is 21.7 Å². The summed E-state index contributed by atoms with van der Waals surface area (Å²) in [4.78, 5) is 2.32. The molecule has 21 heavy (non-hydrogen) atoms. The van der Waals surface area contributed by atoms with Crippen LogP contribution >= 0.6 is 0 Å². The molecule has 1 fully saturated rings. The van der Waals surface area contributed by atoms with E-state index in [1.807, 2.05) is 6.07 Å². The van der Waals surface area contributed by atoms with E-state index in [2.05, 4.69) is 15.1 Å². The van der Waals surface area contributed by atoms with E-state index in [9.17, 15) is 4.39 Å². The predicted octanol–water partition coefficient (Wildman–Crippen LogP) is 1.81. The van der Waals surface area contributed by atoms with Crippen molar-refractivity contribution in [3.8, 4) is 0 Å². The van der Waals surface area contributed by atoms with E-state index in [4.69, 9.17) is 11.5 Å². The molecule has 4 N–H and O–H groups in total. The fraction of sp³-hybridized carbons (Fsp3) is 0.467. The fourth-order valence-corrected chi connectivity index (χ4v) is 2.47. The maximum absolute atomic E-state index is 14.1. The quantitative estimate of drug-likeness (QED) is 0.504. The van der Waals surface area contributed by atoms with Crippen molar-refractivity contribution in [1.29, 1.82) is 0 Å². The van der Waals surface area contributed by atoms with Crippen LogP contribution in [0.25, 0.3) is 0 Å². The molecule has 5 nitrogen and oxygen atoms in total. The minimum absolute atomic E-state index is 0.121. The van der Waals surface area contributed by atoms with Gasteiger partial charge in [0.05, 0.1) is 6.21 Å². The molecule has 1 aliphatic rings. The Kier molecular flexibility index (Phi) is 5.68. The molecule has 0 spiro atoms. The second kappa shape index (κ2) is 7.73. The molecule has 1 saturated heterocycles. The van der Waals surface area contributed by atoms with Gasteiger partial charge in [0, 0.05) is 12.1 Å². The second-order valence-electron chi connectivity index (χ2n) is 5.31. The Morgan fingerprint density at radius 2 is 1.90 bits per heavy atom. The van der Waals surface area contributed by atoms with E-state index in [0.29, 0.717) is 12.1 Å². The lowest BCUT2D eigenvalue weighted by atomic mass is 10.1. The lowest BCUT2D eigenvalue weighted by molar-refractivity contribution is 0.273. The van der Waals surface area contributed by atoms with Gasteiger partial charge in [-0.25, -0.2) is 4.39 Å². The van der Waals surface area contributed by atoms with E-state index in [0.717, 1.165) is 18.7 Å². The Labute approximate surface area is 124 Å². The molecular formula is C15H22FN5. The van der Waals surface area contributed by atoms with Crippen molar-refractivity contribution in [3.05, 3.63) is 35.1 Å². The van der Waals surface area contributed by atoms with Crippen LogP contribution in [-0.4, -0.2) is 30.2 Å².